The molecule has 0 heterocycles. The first-order valence-electron chi connectivity index (χ1n) is 6.81. The number of halogens is 3. The normalized spacial score (nSPS) is 17.2. The average Bonchev–Trinajstić information content (AvgIpc) is 2.35. The molecule has 1 aliphatic carbocycles. The first-order valence-corrected chi connectivity index (χ1v) is 6.81. The van der Waals surface area contributed by atoms with E-state index in [2.05, 4.69) is 10.2 Å². The molecular weight excluding hydrogens is 279 g/mol. The number of nitrogens with one attached hydrogen (secondary N) is 1. The first kappa shape index (κ1) is 15.6. The van der Waals surface area contributed by atoms with Crippen LogP contribution in [-0.4, -0.2) is 31.1 Å². The van der Waals surface area contributed by atoms with Gasteiger partial charge in [0.15, 0.2) is 0 Å². The Balaban J connectivity index is 2.14. The molecule has 114 valence electrons. The summed E-state index contributed by atoms with van der Waals surface area (Å²) in [5.74, 6) is 0. The quantitative estimate of drug-likeness (QED) is 0.925. The van der Waals surface area contributed by atoms with Crippen LogP contribution in [-0.2, 0) is 6.18 Å². The predicted octanol–water partition coefficient (Wildman–Crippen LogP) is 3.47. The second kappa shape index (κ2) is 5.57. The van der Waals surface area contributed by atoms with Gasteiger partial charge >= 0.3 is 6.18 Å². The molecule has 1 N–H and O–H groups in total. The number of nitriles is 1. The van der Waals surface area contributed by atoms with Crippen LogP contribution in [0.25, 0.3) is 0 Å². The van der Waals surface area contributed by atoms with E-state index in [0.29, 0.717) is 12.2 Å². The lowest BCUT2D eigenvalue weighted by Crippen LogP contribution is -2.54. The number of hydrogen-bond acceptors (Lipinski definition) is 3. The largest absolute Gasteiger partial charge is 0.417 e. The molecule has 0 amide bonds. The van der Waals surface area contributed by atoms with Gasteiger partial charge < -0.3 is 10.2 Å². The van der Waals surface area contributed by atoms with Crippen LogP contribution in [0.3, 0.4) is 0 Å². The van der Waals surface area contributed by atoms with Crippen molar-refractivity contribution in [3.63, 3.8) is 0 Å². The molecular formula is C15H18F3N3. The van der Waals surface area contributed by atoms with Crippen molar-refractivity contribution in [3.8, 4) is 6.07 Å². The van der Waals surface area contributed by atoms with Gasteiger partial charge in [-0.05, 0) is 51.6 Å². The van der Waals surface area contributed by atoms with Gasteiger partial charge in [0, 0.05) is 17.8 Å². The molecule has 0 spiro atoms. The van der Waals surface area contributed by atoms with Gasteiger partial charge in [-0.15, -0.1) is 0 Å². The zero-order chi connectivity index (χ0) is 15.7. The van der Waals surface area contributed by atoms with Crippen LogP contribution in [0.4, 0.5) is 18.9 Å². The molecule has 1 aliphatic rings. The number of anilines is 1. The van der Waals surface area contributed by atoms with Gasteiger partial charge in [0.05, 0.1) is 17.2 Å². The fourth-order valence-electron chi connectivity index (χ4n) is 2.63. The molecule has 0 bridgehead atoms. The standard InChI is InChI=1S/C15H18F3N3/c1-21(2)14(6-3-7-14)10-20-12-4-5-13(15(16,17)18)11(8-12)9-19/h4-5,8,20H,3,6-7,10H2,1-2H3. The molecule has 6 heteroatoms. The molecule has 1 fully saturated rings. The second-order valence-corrected chi connectivity index (χ2v) is 5.70. The third-order valence-electron chi connectivity index (χ3n) is 4.30. The van der Waals surface area contributed by atoms with Gasteiger partial charge in [-0.2, -0.15) is 18.4 Å². The predicted molar refractivity (Wildman–Crippen MR) is 74.9 cm³/mol. The molecule has 0 atom stereocenters. The van der Waals surface area contributed by atoms with Crippen LogP contribution >= 0.6 is 0 Å². The molecule has 1 saturated carbocycles. The Kier molecular flexibility index (Phi) is 4.15. The summed E-state index contributed by atoms with van der Waals surface area (Å²) in [6.07, 6.45) is -1.20. The van der Waals surface area contributed by atoms with Crippen LogP contribution in [0.1, 0.15) is 30.4 Å². The highest BCUT2D eigenvalue weighted by molar-refractivity contribution is 5.54. The minimum Gasteiger partial charge on any atom is -0.383 e. The lowest BCUT2D eigenvalue weighted by molar-refractivity contribution is -0.137. The van der Waals surface area contributed by atoms with Crippen molar-refractivity contribution >= 4 is 5.69 Å². The Bertz CT molecular complexity index is 554. The van der Waals surface area contributed by atoms with Crippen molar-refractivity contribution in [3.05, 3.63) is 29.3 Å². The minimum absolute atomic E-state index is 0.0650. The zero-order valence-electron chi connectivity index (χ0n) is 12.1. The van der Waals surface area contributed by atoms with E-state index in [9.17, 15) is 13.2 Å². The molecule has 2 rings (SSSR count). The van der Waals surface area contributed by atoms with Crippen LogP contribution in [0.15, 0.2) is 18.2 Å². The smallest absolute Gasteiger partial charge is 0.383 e. The van der Waals surface area contributed by atoms with Gasteiger partial charge in [-0.1, -0.05) is 0 Å². The third-order valence-corrected chi connectivity index (χ3v) is 4.30. The third kappa shape index (κ3) is 3.13. The van der Waals surface area contributed by atoms with E-state index >= 15 is 0 Å². The van der Waals surface area contributed by atoms with Gasteiger partial charge in [-0.3, -0.25) is 0 Å². The molecule has 1 aromatic carbocycles. The highest BCUT2D eigenvalue weighted by Gasteiger charge is 2.39. The monoisotopic (exact) mass is 297 g/mol. The molecule has 0 aromatic heterocycles. The van der Waals surface area contributed by atoms with Crippen molar-refractivity contribution < 1.29 is 13.2 Å². The molecule has 0 radical (unpaired) electrons. The van der Waals surface area contributed by atoms with Gasteiger partial charge in [0.1, 0.15) is 0 Å². The summed E-state index contributed by atoms with van der Waals surface area (Å²) in [6, 6.07) is 5.23. The van der Waals surface area contributed by atoms with E-state index < -0.39 is 11.7 Å². The number of hydrogen-bond donors (Lipinski definition) is 1. The van der Waals surface area contributed by atoms with E-state index in [4.69, 9.17) is 5.26 Å². The van der Waals surface area contributed by atoms with Gasteiger partial charge in [0.2, 0.25) is 0 Å². The Morgan fingerprint density at radius 3 is 2.43 bits per heavy atom. The Hall–Kier alpha value is -1.74. The van der Waals surface area contributed by atoms with E-state index in [1.54, 1.807) is 6.07 Å². The fraction of sp³-hybridized carbons (Fsp3) is 0.533. The van der Waals surface area contributed by atoms with Crippen molar-refractivity contribution in [2.45, 2.75) is 31.0 Å². The highest BCUT2D eigenvalue weighted by atomic mass is 19.4. The Labute approximate surface area is 122 Å². The summed E-state index contributed by atoms with van der Waals surface area (Å²) in [6.45, 7) is 0.663. The number of rotatable bonds is 4. The maximum Gasteiger partial charge on any atom is 0.417 e. The zero-order valence-corrected chi connectivity index (χ0v) is 12.1. The Morgan fingerprint density at radius 2 is 2.00 bits per heavy atom. The molecule has 1 aromatic rings. The summed E-state index contributed by atoms with van der Waals surface area (Å²) < 4.78 is 38.2. The van der Waals surface area contributed by atoms with Crippen LogP contribution in [0, 0.1) is 11.3 Å². The summed E-state index contributed by atoms with van der Waals surface area (Å²) in [5.41, 5.74) is -0.621. The Morgan fingerprint density at radius 1 is 1.33 bits per heavy atom. The van der Waals surface area contributed by atoms with E-state index in [0.717, 1.165) is 25.3 Å². The van der Waals surface area contributed by atoms with Crippen molar-refractivity contribution in [1.82, 2.24) is 4.90 Å². The van der Waals surface area contributed by atoms with E-state index in [-0.39, 0.29) is 11.1 Å². The number of alkyl halides is 3. The summed E-state index contributed by atoms with van der Waals surface area (Å²) in [7, 11) is 4.02. The SMILES string of the molecule is CN(C)C1(CNc2ccc(C(F)(F)F)c(C#N)c2)CCC1. The van der Waals surface area contributed by atoms with Crippen molar-refractivity contribution in [1.29, 1.82) is 5.26 Å². The minimum atomic E-state index is -4.50. The average molecular weight is 297 g/mol. The topological polar surface area (TPSA) is 39.1 Å². The molecule has 21 heavy (non-hydrogen) atoms. The maximum absolute atomic E-state index is 12.7. The van der Waals surface area contributed by atoms with E-state index in [1.165, 1.54) is 12.1 Å². The summed E-state index contributed by atoms with van der Waals surface area (Å²) in [5, 5.41) is 12.1. The van der Waals surface area contributed by atoms with Crippen LogP contribution in [0.2, 0.25) is 0 Å². The first-order chi connectivity index (χ1) is 9.78. The van der Waals surface area contributed by atoms with Crippen LogP contribution < -0.4 is 5.32 Å². The molecule has 0 aliphatic heterocycles. The lowest BCUT2D eigenvalue weighted by atomic mass is 9.75. The number of benzene rings is 1. The number of nitrogens with zero attached hydrogens (tertiary/aromatic N) is 2. The van der Waals surface area contributed by atoms with Crippen molar-refractivity contribution in [2.24, 2.45) is 0 Å². The van der Waals surface area contributed by atoms with E-state index in [1.807, 2.05) is 14.1 Å². The maximum atomic E-state index is 12.7. The second-order valence-electron chi connectivity index (χ2n) is 5.70. The number of likely N-dealkylation sites (N-methyl/N-ethyl adjacent to an activating group) is 1. The molecule has 3 nitrogen and oxygen atoms in total. The van der Waals surface area contributed by atoms with Gasteiger partial charge in [0.25, 0.3) is 0 Å². The van der Waals surface area contributed by atoms with Crippen LogP contribution in [0.5, 0.6) is 0 Å². The van der Waals surface area contributed by atoms with Crippen molar-refractivity contribution in [2.75, 3.05) is 26.0 Å². The molecule has 0 saturated heterocycles. The summed E-state index contributed by atoms with van der Waals surface area (Å²) in [4.78, 5) is 2.15. The lowest BCUT2D eigenvalue weighted by Gasteiger charge is -2.47. The summed E-state index contributed by atoms with van der Waals surface area (Å²) >= 11 is 0. The molecule has 0 unspecified atom stereocenters. The highest BCUT2D eigenvalue weighted by Crippen LogP contribution is 2.37. The van der Waals surface area contributed by atoms with Gasteiger partial charge in [-0.25, -0.2) is 0 Å². The fourth-order valence-corrected chi connectivity index (χ4v) is 2.63.